The number of hydrogen-bond acceptors (Lipinski definition) is 2. The molecular formula is C20H24ClFN2O. The molecule has 1 heterocycles. The zero-order chi connectivity index (χ0) is 17.1. The van der Waals surface area contributed by atoms with Gasteiger partial charge in [-0.25, -0.2) is 4.39 Å². The van der Waals surface area contributed by atoms with Gasteiger partial charge in [0.2, 0.25) is 5.91 Å². The minimum atomic E-state index is -0.264. The molecule has 1 aliphatic heterocycles. The zero-order valence-electron chi connectivity index (χ0n) is 14.3. The molecule has 0 radical (unpaired) electrons. The molecule has 2 aromatic carbocycles. The maximum Gasteiger partial charge on any atom is 0.225 e. The first-order valence-corrected chi connectivity index (χ1v) is 8.38. The summed E-state index contributed by atoms with van der Waals surface area (Å²) in [6, 6.07) is 16.5. The fourth-order valence-corrected chi connectivity index (χ4v) is 3.48. The fraction of sp³-hybridized carbons (Fsp3) is 0.350. The average molecular weight is 363 g/mol. The highest BCUT2D eigenvalue weighted by atomic mass is 35.5. The summed E-state index contributed by atoms with van der Waals surface area (Å²) in [5.74, 6) is -0.183. The van der Waals surface area contributed by atoms with Gasteiger partial charge in [-0.1, -0.05) is 49.4 Å². The van der Waals surface area contributed by atoms with Crippen LogP contribution < -0.4 is 5.73 Å². The number of nitrogens with zero attached hydrogens (tertiary/aromatic N) is 1. The normalized spacial score (nSPS) is 20.8. The fourth-order valence-electron chi connectivity index (χ4n) is 3.48. The van der Waals surface area contributed by atoms with Crippen LogP contribution in [0.5, 0.6) is 0 Å². The third kappa shape index (κ3) is 4.59. The number of hydrogen-bond donors (Lipinski definition) is 1. The van der Waals surface area contributed by atoms with Crippen molar-refractivity contribution >= 4 is 18.3 Å². The van der Waals surface area contributed by atoms with Crippen LogP contribution in [0, 0.1) is 11.7 Å². The summed E-state index contributed by atoms with van der Waals surface area (Å²) < 4.78 is 13.3. The van der Waals surface area contributed by atoms with Crippen molar-refractivity contribution in [3.05, 3.63) is 71.5 Å². The number of nitrogens with two attached hydrogens (primary N) is 1. The Hall–Kier alpha value is -1.91. The first kappa shape index (κ1) is 19.4. The van der Waals surface area contributed by atoms with Gasteiger partial charge in [-0.15, -0.1) is 12.4 Å². The summed E-state index contributed by atoms with van der Waals surface area (Å²) >= 11 is 0. The lowest BCUT2D eigenvalue weighted by Gasteiger charge is -2.21. The van der Waals surface area contributed by atoms with Crippen LogP contribution in [0.3, 0.4) is 0 Å². The van der Waals surface area contributed by atoms with Gasteiger partial charge in [0.25, 0.3) is 0 Å². The summed E-state index contributed by atoms with van der Waals surface area (Å²) in [6.07, 6.45) is 0.540. The third-order valence-corrected chi connectivity index (χ3v) is 4.76. The highest BCUT2D eigenvalue weighted by molar-refractivity contribution is 5.85. The molecule has 1 saturated heterocycles. The highest BCUT2D eigenvalue weighted by Crippen LogP contribution is 2.27. The molecule has 0 bridgehead atoms. The standard InChI is InChI=1S/C20H23FN2O.ClH/c1-14(10-15-6-5-9-17(21)11-15)20(24)23-12-18(19(22)13-23)16-7-3-2-4-8-16;/h2-9,11,14,18-19H,10,12-13,22H2,1H3;1H/t14?,18-,19+;/m0./s1. The molecule has 1 unspecified atom stereocenters. The molecule has 134 valence electrons. The minimum absolute atomic E-state index is 0. The lowest BCUT2D eigenvalue weighted by atomic mass is 9.95. The maximum atomic E-state index is 13.3. The summed E-state index contributed by atoms with van der Waals surface area (Å²) in [5.41, 5.74) is 8.29. The molecule has 3 nitrogen and oxygen atoms in total. The first-order valence-electron chi connectivity index (χ1n) is 8.38. The Labute approximate surface area is 154 Å². The topological polar surface area (TPSA) is 46.3 Å². The number of halogens is 2. The van der Waals surface area contributed by atoms with Gasteiger partial charge in [-0.3, -0.25) is 4.79 Å². The highest BCUT2D eigenvalue weighted by Gasteiger charge is 2.35. The molecule has 0 aromatic heterocycles. The van der Waals surface area contributed by atoms with Gasteiger partial charge in [0, 0.05) is 31.0 Å². The van der Waals surface area contributed by atoms with Gasteiger partial charge in [0.05, 0.1) is 0 Å². The van der Waals surface area contributed by atoms with E-state index in [1.807, 2.05) is 36.1 Å². The molecule has 3 atom stereocenters. The Kier molecular flexibility index (Phi) is 6.57. The Bertz CT molecular complexity index is 710. The number of likely N-dealkylation sites (tertiary alicyclic amines) is 1. The van der Waals surface area contributed by atoms with Crippen molar-refractivity contribution in [1.82, 2.24) is 4.90 Å². The average Bonchev–Trinajstić information content (AvgIpc) is 2.96. The minimum Gasteiger partial charge on any atom is -0.340 e. The molecule has 1 amide bonds. The van der Waals surface area contributed by atoms with Crippen LogP contribution in [-0.4, -0.2) is 29.9 Å². The number of carbonyl (C=O) groups is 1. The van der Waals surface area contributed by atoms with Crippen molar-refractivity contribution in [2.45, 2.75) is 25.3 Å². The van der Waals surface area contributed by atoms with Gasteiger partial charge in [-0.05, 0) is 29.7 Å². The van der Waals surface area contributed by atoms with Crippen LogP contribution in [0.4, 0.5) is 4.39 Å². The predicted octanol–water partition coefficient (Wildman–Crippen LogP) is 3.38. The molecule has 0 spiro atoms. The molecule has 3 rings (SSSR count). The smallest absolute Gasteiger partial charge is 0.225 e. The predicted molar refractivity (Wildman–Crippen MR) is 100 cm³/mol. The Balaban J connectivity index is 0.00000225. The van der Waals surface area contributed by atoms with Crippen molar-refractivity contribution in [3.63, 3.8) is 0 Å². The number of amides is 1. The Morgan fingerprint density at radius 2 is 1.92 bits per heavy atom. The zero-order valence-corrected chi connectivity index (χ0v) is 15.1. The van der Waals surface area contributed by atoms with Gasteiger partial charge in [0.1, 0.15) is 5.82 Å². The molecule has 25 heavy (non-hydrogen) atoms. The second-order valence-corrected chi connectivity index (χ2v) is 6.66. The lowest BCUT2D eigenvalue weighted by Crippen LogP contribution is -2.36. The molecule has 2 N–H and O–H groups in total. The van der Waals surface area contributed by atoms with Crippen molar-refractivity contribution in [2.75, 3.05) is 13.1 Å². The van der Waals surface area contributed by atoms with Gasteiger partial charge in [0.15, 0.2) is 0 Å². The second-order valence-electron chi connectivity index (χ2n) is 6.66. The van der Waals surface area contributed by atoms with E-state index in [9.17, 15) is 9.18 Å². The van der Waals surface area contributed by atoms with E-state index in [0.717, 1.165) is 5.56 Å². The van der Waals surface area contributed by atoms with Crippen LogP contribution >= 0.6 is 12.4 Å². The van der Waals surface area contributed by atoms with E-state index >= 15 is 0 Å². The quantitative estimate of drug-likeness (QED) is 0.906. The monoisotopic (exact) mass is 362 g/mol. The summed E-state index contributed by atoms with van der Waals surface area (Å²) in [7, 11) is 0. The largest absolute Gasteiger partial charge is 0.340 e. The Morgan fingerprint density at radius 3 is 2.60 bits per heavy atom. The molecular weight excluding hydrogens is 339 g/mol. The number of benzene rings is 2. The van der Waals surface area contributed by atoms with Crippen molar-refractivity contribution < 1.29 is 9.18 Å². The van der Waals surface area contributed by atoms with Crippen molar-refractivity contribution in [3.8, 4) is 0 Å². The molecule has 0 saturated carbocycles. The van der Waals surface area contributed by atoms with E-state index in [1.54, 1.807) is 6.07 Å². The number of carbonyl (C=O) groups excluding carboxylic acids is 1. The first-order chi connectivity index (χ1) is 11.5. The summed E-state index contributed by atoms with van der Waals surface area (Å²) in [4.78, 5) is 14.6. The summed E-state index contributed by atoms with van der Waals surface area (Å²) in [6.45, 7) is 3.12. The van der Waals surface area contributed by atoms with Crippen LogP contribution in [0.1, 0.15) is 24.0 Å². The van der Waals surface area contributed by atoms with Crippen LogP contribution in [0.25, 0.3) is 0 Å². The van der Waals surface area contributed by atoms with E-state index in [0.29, 0.717) is 19.5 Å². The molecule has 0 aliphatic carbocycles. The van der Waals surface area contributed by atoms with Gasteiger partial charge in [-0.2, -0.15) is 0 Å². The Morgan fingerprint density at radius 1 is 1.20 bits per heavy atom. The lowest BCUT2D eigenvalue weighted by molar-refractivity contribution is -0.133. The third-order valence-electron chi connectivity index (χ3n) is 4.76. The molecule has 1 aliphatic rings. The van der Waals surface area contributed by atoms with Crippen molar-refractivity contribution in [1.29, 1.82) is 0 Å². The second kappa shape index (κ2) is 8.45. The van der Waals surface area contributed by atoms with Crippen molar-refractivity contribution in [2.24, 2.45) is 11.7 Å². The number of rotatable bonds is 4. The SMILES string of the molecule is CC(Cc1cccc(F)c1)C(=O)N1C[C@@H](N)[C@H](c2ccccc2)C1.Cl. The molecule has 1 fully saturated rings. The van der Waals surface area contributed by atoms with Gasteiger partial charge >= 0.3 is 0 Å². The summed E-state index contributed by atoms with van der Waals surface area (Å²) in [5, 5.41) is 0. The van der Waals surface area contributed by atoms with Gasteiger partial charge < -0.3 is 10.6 Å². The van der Waals surface area contributed by atoms with Crippen LogP contribution in [0.15, 0.2) is 54.6 Å². The van der Waals surface area contributed by atoms with E-state index in [1.165, 1.54) is 17.7 Å². The van der Waals surface area contributed by atoms with E-state index < -0.39 is 0 Å². The maximum absolute atomic E-state index is 13.3. The molecule has 5 heteroatoms. The van der Waals surface area contributed by atoms with Crippen LogP contribution in [-0.2, 0) is 11.2 Å². The van der Waals surface area contributed by atoms with E-state index in [4.69, 9.17) is 5.73 Å². The van der Waals surface area contributed by atoms with E-state index in [-0.39, 0.29) is 42.0 Å². The molecule has 2 aromatic rings. The van der Waals surface area contributed by atoms with E-state index in [2.05, 4.69) is 12.1 Å². The van der Waals surface area contributed by atoms with Crippen LogP contribution in [0.2, 0.25) is 0 Å².